The second-order valence-electron chi connectivity index (χ2n) is 7.17. The Kier molecular flexibility index (Phi) is 4.36. The highest BCUT2D eigenvalue weighted by molar-refractivity contribution is 8.01. The van der Waals surface area contributed by atoms with E-state index >= 15 is 0 Å². The molecule has 2 aromatic rings. The lowest BCUT2D eigenvalue weighted by Crippen LogP contribution is -2.17. The maximum Gasteiger partial charge on any atom is 0.178 e. The van der Waals surface area contributed by atoms with E-state index in [9.17, 15) is 5.11 Å². The Bertz CT molecular complexity index is 588. The van der Waals surface area contributed by atoms with Crippen LogP contribution in [0, 0.1) is 0 Å². The van der Waals surface area contributed by atoms with Gasteiger partial charge in [0.05, 0.1) is 0 Å². The predicted octanol–water partition coefficient (Wildman–Crippen LogP) is 4.99. The van der Waals surface area contributed by atoms with Crippen molar-refractivity contribution in [1.82, 2.24) is 10.2 Å². The van der Waals surface area contributed by atoms with Crippen molar-refractivity contribution < 1.29 is 5.11 Å². The minimum absolute atomic E-state index is 0.109. The van der Waals surface area contributed by atoms with Gasteiger partial charge in [0.15, 0.2) is 4.34 Å². The Morgan fingerprint density at radius 1 is 1.00 bits per heavy atom. The summed E-state index contributed by atoms with van der Waals surface area (Å²) in [5.74, 6) is 0.414. The van der Waals surface area contributed by atoms with Crippen molar-refractivity contribution in [3.8, 4) is 5.75 Å². The minimum Gasteiger partial charge on any atom is -0.507 e. The molecule has 0 saturated carbocycles. The molecule has 114 valence electrons. The average molecular weight is 322 g/mol. The van der Waals surface area contributed by atoms with E-state index in [0.29, 0.717) is 5.75 Å². The third-order valence-corrected chi connectivity index (χ3v) is 4.99. The lowest BCUT2D eigenvalue weighted by atomic mass is 9.79. The number of nitrogens with zero attached hydrogens (tertiary/aromatic N) is 2. The van der Waals surface area contributed by atoms with Crippen molar-refractivity contribution in [3.05, 3.63) is 28.8 Å². The van der Waals surface area contributed by atoms with Crippen molar-refractivity contribution in [2.45, 2.75) is 61.6 Å². The summed E-state index contributed by atoms with van der Waals surface area (Å²) in [7, 11) is 0. The lowest BCUT2D eigenvalue weighted by Gasteiger charge is -2.28. The zero-order valence-corrected chi connectivity index (χ0v) is 15.0. The molecule has 1 aromatic heterocycles. The van der Waals surface area contributed by atoms with Crippen LogP contribution in [-0.2, 0) is 10.8 Å². The molecule has 0 aliphatic rings. The molecule has 0 bridgehead atoms. The first kappa shape index (κ1) is 16.3. The predicted molar refractivity (Wildman–Crippen MR) is 89.5 cm³/mol. The van der Waals surface area contributed by atoms with Crippen LogP contribution >= 0.6 is 23.1 Å². The second-order valence-corrected chi connectivity index (χ2v) is 9.33. The summed E-state index contributed by atoms with van der Waals surface area (Å²) in [6.45, 7) is 12.7. The van der Waals surface area contributed by atoms with Crippen LogP contribution in [0.15, 0.2) is 26.9 Å². The van der Waals surface area contributed by atoms with Gasteiger partial charge in [0.25, 0.3) is 0 Å². The largest absolute Gasteiger partial charge is 0.507 e. The van der Waals surface area contributed by atoms with Gasteiger partial charge in [-0.3, -0.25) is 0 Å². The van der Waals surface area contributed by atoms with Crippen molar-refractivity contribution in [2.75, 3.05) is 0 Å². The molecule has 0 spiro atoms. The standard InChI is InChI=1S/C16H22N2OS2/c1-15(2,3)11-7-10(21-14-18-17-9-20-14)8-12(13(11)19)16(4,5)6/h7-9,19H,1-6H3. The fraction of sp³-hybridized carbons (Fsp3) is 0.500. The Balaban J connectivity index is 2.56. The van der Waals surface area contributed by atoms with Crippen molar-refractivity contribution >= 4 is 23.1 Å². The molecule has 0 fully saturated rings. The Morgan fingerprint density at radius 3 is 1.90 bits per heavy atom. The lowest BCUT2D eigenvalue weighted by molar-refractivity contribution is 0.422. The van der Waals surface area contributed by atoms with Gasteiger partial charge in [0, 0.05) is 16.0 Å². The Hall–Kier alpha value is -1.07. The van der Waals surface area contributed by atoms with Gasteiger partial charge in [0.1, 0.15) is 11.3 Å². The van der Waals surface area contributed by atoms with Gasteiger partial charge in [-0.25, -0.2) is 0 Å². The van der Waals surface area contributed by atoms with Gasteiger partial charge >= 0.3 is 0 Å². The first-order valence-electron chi connectivity index (χ1n) is 6.91. The highest BCUT2D eigenvalue weighted by Crippen LogP contribution is 2.43. The third-order valence-electron chi connectivity index (χ3n) is 3.24. The zero-order chi connectivity index (χ0) is 15.8. The van der Waals surface area contributed by atoms with Gasteiger partial charge < -0.3 is 5.11 Å². The molecule has 0 saturated heterocycles. The summed E-state index contributed by atoms with van der Waals surface area (Å²) >= 11 is 3.12. The first-order chi connectivity index (χ1) is 9.59. The SMILES string of the molecule is CC(C)(C)c1cc(Sc2nncs2)cc(C(C)(C)C)c1O. The number of aromatic nitrogens is 2. The zero-order valence-electron chi connectivity index (χ0n) is 13.4. The van der Waals surface area contributed by atoms with Crippen LogP contribution in [0.25, 0.3) is 0 Å². The summed E-state index contributed by atoms with van der Waals surface area (Å²) in [6.07, 6.45) is 0. The molecule has 1 heterocycles. The minimum atomic E-state index is -0.109. The molecule has 0 amide bonds. The molecule has 1 aromatic carbocycles. The van der Waals surface area contributed by atoms with Crippen LogP contribution in [0.2, 0.25) is 0 Å². The number of benzene rings is 1. The normalized spacial score (nSPS) is 12.7. The van der Waals surface area contributed by atoms with Crippen molar-refractivity contribution in [2.24, 2.45) is 0 Å². The van der Waals surface area contributed by atoms with Gasteiger partial charge in [-0.2, -0.15) is 0 Å². The van der Waals surface area contributed by atoms with Gasteiger partial charge in [0.2, 0.25) is 0 Å². The molecule has 0 aliphatic carbocycles. The molecule has 0 unspecified atom stereocenters. The molecular weight excluding hydrogens is 300 g/mol. The van der Waals surface area contributed by atoms with E-state index in [-0.39, 0.29) is 10.8 Å². The van der Waals surface area contributed by atoms with Crippen LogP contribution in [0.4, 0.5) is 0 Å². The van der Waals surface area contributed by atoms with Crippen LogP contribution in [0.3, 0.4) is 0 Å². The van der Waals surface area contributed by atoms with E-state index in [2.05, 4.69) is 63.9 Å². The fourth-order valence-electron chi connectivity index (χ4n) is 2.12. The monoisotopic (exact) mass is 322 g/mol. The molecular formula is C16H22N2OS2. The summed E-state index contributed by atoms with van der Waals surface area (Å²) in [4.78, 5) is 1.10. The Morgan fingerprint density at radius 2 is 1.52 bits per heavy atom. The summed E-state index contributed by atoms with van der Waals surface area (Å²) in [5.41, 5.74) is 3.46. The number of hydrogen-bond donors (Lipinski definition) is 1. The Labute approximate surface area is 134 Å². The molecule has 0 atom stereocenters. The van der Waals surface area contributed by atoms with Crippen LogP contribution < -0.4 is 0 Å². The van der Waals surface area contributed by atoms with E-state index in [1.807, 2.05) is 0 Å². The number of rotatable bonds is 2. The average Bonchev–Trinajstić information content (AvgIpc) is 2.81. The number of phenols is 1. The van der Waals surface area contributed by atoms with Crippen molar-refractivity contribution in [3.63, 3.8) is 0 Å². The molecule has 2 rings (SSSR count). The molecule has 3 nitrogen and oxygen atoms in total. The maximum absolute atomic E-state index is 10.7. The summed E-state index contributed by atoms with van der Waals surface area (Å²) < 4.78 is 0.917. The number of phenolic OH excluding ortho intramolecular Hbond substituents is 1. The van der Waals surface area contributed by atoms with Gasteiger partial charge in [-0.05, 0) is 23.0 Å². The van der Waals surface area contributed by atoms with E-state index in [1.165, 1.54) is 11.3 Å². The van der Waals surface area contributed by atoms with Crippen LogP contribution in [0.5, 0.6) is 5.75 Å². The highest BCUT2D eigenvalue weighted by atomic mass is 32.2. The van der Waals surface area contributed by atoms with E-state index in [1.54, 1.807) is 17.3 Å². The molecule has 21 heavy (non-hydrogen) atoms. The topological polar surface area (TPSA) is 46.0 Å². The third kappa shape index (κ3) is 3.77. The van der Waals surface area contributed by atoms with E-state index < -0.39 is 0 Å². The van der Waals surface area contributed by atoms with Crippen molar-refractivity contribution in [1.29, 1.82) is 0 Å². The fourth-order valence-corrected chi connectivity index (χ4v) is 3.65. The molecule has 5 heteroatoms. The summed E-state index contributed by atoms with van der Waals surface area (Å²) in [5, 5.41) is 18.6. The first-order valence-corrected chi connectivity index (χ1v) is 8.60. The smallest absolute Gasteiger partial charge is 0.178 e. The summed E-state index contributed by atoms with van der Waals surface area (Å²) in [6, 6.07) is 4.13. The molecule has 1 N–H and O–H groups in total. The number of aromatic hydroxyl groups is 1. The second kappa shape index (κ2) is 5.61. The number of hydrogen-bond acceptors (Lipinski definition) is 5. The van der Waals surface area contributed by atoms with E-state index in [0.717, 1.165) is 20.4 Å². The van der Waals surface area contributed by atoms with Gasteiger partial charge in [-0.1, -0.05) is 64.6 Å². The molecule has 0 aliphatic heterocycles. The van der Waals surface area contributed by atoms with Crippen LogP contribution in [-0.4, -0.2) is 15.3 Å². The quantitative estimate of drug-likeness (QED) is 0.846. The van der Waals surface area contributed by atoms with Crippen LogP contribution in [0.1, 0.15) is 52.7 Å². The highest BCUT2D eigenvalue weighted by Gasteiger charge is 2.26. The molecule has 0 radical (unpaired) electrons. The maximum atomic E-state index is 10.7. The van der Waals surface area contributed by atoms with E-state index in [4.69, 9.17) is 0 Å². The van der Waals surface area contributed by atoms with Gasteiger partial charge in [-0.15, -0.1) is 10.2 Å².